The van der Waals surface area contributed by atoms with Crippen molar-refractivity contribution in [3.8, 4) is 0 Å². The van der Waals surface area contributed by atoms with Gasteiger partial charge >= 0.3 is 0 Å². The van der Waals surface area contributed by atoms with Crippen molar-refractivity contribution in [1.82, 2.24) is 5.32 Å². The molecule has 0 aromatic heterocycles. The molecule has 5 heteroatoms. The van der Waals surface area contributed by atoms with Crippen molar-refractivity contribution in [1.29, 1.82) is 0 Å². The number of amidine groups is 1. The molecule has 0 heterocycles. The minimum Gasteiger partial charge on any atom is -0.409 e. The van der Waals surface area contributed by atoms with Gasteiger partial charge in [0.05, 0.1) is 6.42 Å². The second-order valence-corrected chi connectivity index (χ2v) is 4.85. The van der Waals surface area contributed by atoms with Gasteiger partial charge in [0.1, 0.15) is 0 Å². The van der Waals surface area contributed by atoms with Crippen LogP contribution in [0, 0.1) is 5.92 Å². The molecule has 1 rings (SSSR count). The molecule has 5 nitrogen and oxygen atoms in total. The third-order valence-corrected chi connectivity index (χ3v) is 3.46. The van der Waals surface area contributed by atoms with Crippen LogP contribution >= 0.6 is 0 Å². The number of rotatable bonds is 7. The van der Waals surface area contributed by atoms with Crippen molar-refractivity contribution in [2.75, 3.05) is 6.54 Å². The Labute approximate surface area is 119 Å². The van der Waals surface area contributed by atoms with Crippen LogP contribution in [0.15, 0.2) is 29.4 Å². The molecule has 20 heavy (non-hydrogen) atoms. The lowest BCUT2D eigenvalue weighted by molar-refractivity contribution is -0.120. The van der Waals surface area contributed by atoms with E-state index in [0.29, 0.717) is 17.9 Å². The summed E-state index contributed by atoms with van der Waals surface area (Å²) in [4.78, 5) is 11.8. The highest BCUT2D eigenvalue weighted by molar-refractivity contribution is 5.97. The fourth-order valence-corrected chi connectivity index (χ4v) is 1.93. The first-order valence-corrected chi connectivity index (χ1v) is 6.94. The normalized spacial score (nSPS) is 11.7. The van der Waals surface area contributed by atoms with Gasteiger partial charge in [0.15, 0.2) is 5.84 Å². The highest BCUT2D eigenvalue weighted by Gasteiger charge is 2.07. The minimum atomic E-state index is 0.0217. The number of oxime groups is 1. The predicted octanol–water partition coefficient (Wildman–Crippen LogP) is 1.88. The van der Waals surface area contributed by atoms with Crippen LogP contribution in [0.4, 0.5) is 0 Å². The van der Waals surface area contributed by atoms with E-state index >= 15 is 0 Å². The molecule has 110 valence electrons. The SMILES string of the molecule is CCC(CC)CNC(=O)Cc1ccc(/C(N)=N/O)cc1. The number of amides is 1. The summed E-state index contributed by atoms with van der Waals surface area (Å²) >= 11 is 0. The summed E-state index contributed by atoms with van der Waals surface area (Å²) in [5.41, 5.74) is 7.02. The Bertz CT molecular complexity index is 451. The second kappa shape index (κ2) is 8.19. The predicted molar refractivity (Wildman–Crippen MR) is 79.7 cm³/mol. The van der Waals surface area contributed by atoms with Gasteiger partial charge in [-0.1, -0.05) is 56.1 Å². The number of hydrogen-bond donors (Lipinski definition) is 3. The Hall–Kier alpha value is -2.04. The van der Waals surface area contributed by atoms with E-state index in [1.54, 1.807) is 12.1 Å². The number of nitrogens with two attached hydrogens (primary N) is 1. The molecule has 1 aromatic rings. The average molecular weight is 277 g/mol. The first-order chi connectivity index (χ1) is 9.60. The summed E-state index contributed by atoms with van der Waals surface area (Å²) < 4.78 is 0. The molecule has 0 aliphatic carbocycles. The van der Waals surface area contributed by atoms with Crippen LogP contribution in [0.3, 0.4) is 0 Å². The van der Waals surface area contributed by atoms with E-state index in [4.69, 9.17) is 10.9 Å². The van der Waals surface area contributed by atoms with E-state index in [1.807, 2.05) is 12.1 Å². The molecule has 0 atom stereocenters. The number of carbonyl (C=O) groups excluding carboxylic acids is 1. The fraction of sp³-hybridized carbons (Fsp3) is 0.467. The van der Waals surface area contributed by atoms with Crippen molar-refractivity contribution < 1.29 is 10.0 Å². The Morgan fingerprint density at radius 2 is 1.90 bits per heavy atom. The van der Waals surface area contributed by atoms with Crippen LogP contribution < -0.4 is 11.1 Å². The minimum absolute atomic E-state index is 0.0217. The molecule has 0 spiro atoms. The molecule has 0 bridgehead atoms. The molecule has 0 saturated carbocycles. The number of nitrogens with one attached hydrogen (secondary N) is 1. The molecule has 0 aliphatic rings. The van der Waals surface area contributed by atoms with Gasteiger partial charge in [-0.2, -0.15) is 0 Å². The van der Waals surface area contributed by atoms with Crippen LogP contribution in [0.5, 0.6) is 0 Å². The molecular weight excluding hydrogens is 254 g/mol. The topological polar surface area (TPSA) is 87.7 Å². The lowest BCUT2D eigenvalue weighted by atomic mass is 10.0. The van der Waals surface area contributed by atoms with Gasteiger partial charge in [0.2, 0.25) is 5.91 Å². The van der Waals surface area contributed by atoms with Crippen LogP contribution in [0.1, 0.15) is 37.8 Å². The zero-order chi connectivity index (χ0) is 15.0. The molecular formula is C15H23N3O2. The Balaban J connectivity index is 2.50. The van der Waals surface area contributed by atoms with Crippen LogP contribution in [0.2, 0.25) is 0 Å². The zero-order valence-corrected chi connectivity index (χ0v) is 12.1. The highest BCUT2D eigenvalue weighted by atomic mass is 16.4. The van der Waals surface area contributed by atoms with Crippen molar-refractivity contribution in [3.63, 3.8) is 0 Å². The van der Waals surface area contributed by atoms with E-state index in [0.717, 1.165) is 24.9 Å². The molecule has 1 aromatic carbocycles. The van der Waals surface area contributed by atoms with Gasteiger partial charge in [0, 0.05) is 12.1 Å². The first kappa shape index (κ1) is 16.0. The Morgan fingerprint density at radius 1 is 1.30 bits per heavy atom. The van der Waals surface area contributed by atoms with Crippen molar-refractivity contribution in [2.24, 2.45) is 16.8 Å². The van der Waals surface area contributed by atoms with E-state index in [1.165, 1.54) is 0 Å². The summed E-state index contributed by atoms with van der Waals surface area (Å²) in [7, 11) is 0. The van der Waals surface area contributed by atoms with Gasteiger partial charge in [-0.25, -0.2) is 0 Å². The molecule has 0 radical (unpaired) electrons. The quantitative estimate of drug-likeness (QED) is 0.308. The molecule has 4 N–H and O–H groups in total. The first-order valence-electron chi connectivity index (χ1n) is 6.94. The maximum atomic E-state index is 11.8. The highest BCUT2D eigenvalue weighted by Crippen LogP contribution is 2.07. The van der Waals surface area contributed by atoms with Gasteiger partial charge in [-0.15, -0.1) is 0 Å². The summed E-state index contributed by atoms with van der Waals surface area (Å²) in [5, 5.41) is 14.5. The molecule has 0 aliphatic heterocycles. The Kier molecular flexibility index (Phi) is 6.56. The number of nitrogens with zero attached hydrogens (tertiary/aromatic N) is 1. The molecule has 1 amide bonds. The maximum absolute atomic E-state index is 11.8. The summed E-state index contributed by atoms with van der Waals surface area (Å²) in [6.45, 7) is 4.99. The largest absolute Gasteiger partial charge is 0.409 e. The number of benzene rings is 1. The van der Waals surface area contributed by atoms with Gasteiger partial charge < -0.3 is 16.3 Å². The third-order valence-electron chi connectivity index (χ3n) is 3.46. The van der Waals surface area contributed by atoms with E-state index in [9.17, 15) is 4.79 Å². The maximum Gasteiger partial charge on any atom is 0.224 e. The lowest BCUT2D eigenvalue weighted by Gasteiger charge is -2.13. The molecule has 0 saturated heterocycles. The third kappa shape index (κ3) is 4.91. The van der Waals surface area contributed by atoms with Crippen LogP contribution in [0.25, 0.3) is 0 Å². The van der Waals surface area contributed by atoms with E-state index in [-0.39, 0.29) is 11.7 Å². The van der Waals surface area contributed by atoms with Crippen molar-refractivity contribution in [2.45, 2.75) is 33.1 Å². The molecule has 0 unspecified atom stereocenters. The van der Waals surface area contributed by atoms with E-state index < -0.39 is 0 Å². The summed E-state index contributed by atoms with van der Waals surface area (Å²) in [6, 6.07) is 7.09. The van der Waals surface area contributed by atoms with Crippen LogP contribution in [-0.4, -0.2) is 23.5 Å². The van der Waals surface area contributed by atoms with Crippen LogP contribution in [-0.2, 0) is 11.2 Å². The summed E-state index contributed by atoms with van der Waals surface area (Å²) in [6.07, 6.45) is 2.49. The van der Waals surface area contributed by atoms with Crippen molar-refractivity contribution in [3.05, 3.63) is 35.4 Å². The van der Waals surface area contributed by atoms with Gasteiger partial charge in [-0.05, 0) is 11.5 Å². The molecule has 0 fully saturated rings. The standard InChI is InChI=1S/C15H23N3O2/c1-3-11(4-2)10-17-14(19)9-12-5-7-13(8-6-12)15(16)18-20/h5-8,11,20H,3-4,9-10H2,1-2H3,(H2,16,18)(H,17,19). The monoisotopic (exact) mass is 277 g/mol. The van der Waals surface area contributed by atoms with E-state index in [2.05, 4.69) is 24.3 Å². The smallest absolute Gasteiger partial charge is 0.224 e. The van der Waals surface area contributed by atoms with Gasteiger partial charge in [0.25, 0.3) is 0 Å². The number of carbonyl (C=O) groups is 1. The Morgan fingerprint density at radius 3 is 2.40 bits per heavy atom. The van der Waals surface area contributed by atoms with Gasteiger partial charge in [-0.3, -0.25) is 4.79 Å². The lowest BCUT2D eigenvalue weighted by Crippen LogP contribution is -2.30. The second-order valence-electron chi connectivity index (χ2n) is 4.85. The fourth-order valence-electron chi connectivity index (χ4n) is 1.93. The average Bonchev–Trinajstić information content (AvgIpc) is 2.48. The zero-order valence-electron chi connectivity index (χ0n) is 12.1. The summed E-state index contributed by atoms with van der Waals surface area (Å²) in [5.74, 6) is 0.630. The number of hydrogen-bond acceptors (Lipinski definition) is 3. The van der Waals surface area contributed by atoms with Crippen molar-refractivity contribution >= 4 is 11.7 Å².